The number of thiazole rings is 1. The molecular weight excluding hydrogens is 200 g/mol. The van der Waals surface area contributed by atoms with Gasteiger partial charge < -0.3 is 10.1 Å². The van der Waals surface area contributed by atoms with Gasteiger partial charge in [-0.25, -0.2) is 4.98 Å². The van der Waals surface area contributed by atoms with E-state index in [9.17, 15) is 4.79 Å². The van der Waals surface area contributed by atoms with Crippen LogP contribution in [0.2, 0.25) is 0 Å². The fourth-order valence-electron chi connectivity index (χ4n) is 0.989. The average molecular weight is 214 g/mol. The summed E-state index contributed by atoms with van der Waals surface area (Å²) in [6, 6.07) is 0. The molecule has 1 aromatic heterocycles. The van der Waals surface area contributed by atoms with Gasteiger partial charge in [0.15, 0.2) is 0 Å². The number of carbonyl (C=O) groups is 1. The Bertz CT molecular complexity index is 262. The summed E-state index contributed by atoms with van der Waals surface area (Å²) >= 11 is 1.42. The quantitative estimate of drug-likeness (QED) is 0.726. The zero-order chi connectivity index (χ0) is 10.2. The molecule has 0 radical (unpaired) electrons. The zero-order valence-electron chi connectivity index (χ0n) is 8.16. The summed E-state index contributed by atoms with van der Waals surface area (Å²) in [6.07, 6.45) is 1.90. The van der Waals surface area contributed by atoms with E-state index < -0.39 is 0 Å². The lowest BCUT2D eigenvalue weighted by molar-refractivity contribution is 0.0947. The minimum absolute atomic E-state index is 0.0938. The number of amides is 1. The fourth-order valence-corrected chi connectivity index (χ4v) is 1.52. The third-order valence-corrected chi connectivity index (χ3v) is 2.31. The van der Waals surface area contributed by atoms with Crippen molar-refractivity contribution in [2.24, 2.45) is 0 Å². The number of nitrogens with one attached hydrogen (secondary N) is 1. The van der Waals surface area contributed by atoms with E-state index in [0.717, 1.165) is 19.4 Å². The standard InChI is InChI=1S/C9H14N2O2S/c1-13-5-3-2-4-10-9(12)8-6-14-7-11-8/h6-7H,2-5H2,1H3,(H,10,12). The van der Waals surface area contributed by atoms with Crippen LogP contribution in [0.25, 0.3) is 0 Å². The van der Waals surface area contributed by atoms with Crippen LogP contribution in [0.4, 0.5) is 0 Å². The highest BCUT2D eigenvalue weighted by Gasteiger charge is 2.05. The molecule has 5 heteroatoms. The average Bonchev–Trinajstić information content (AvgIpc) is 2.70. The summed E-state index contributed by atoms with van der Waals surface area (Å²) in [4.78, 5) is 15.3. The van der Waals surface area contributed by atoms with E-state index in [-0.39, 0.29) is 5.91 Å². The first-order chi connectivity index (χ1) is 6.84. The molecule has 0 unspecified atom stereocenters. The van der Waals surface area contributed by atoms with Crippen molar-refractivity contribution < 1.29 is 9.53 Å². The summed E-state index contributed by atoms with van der Waals surface area (Å²) in [5.74, 6) is -0.0938. The predicted octanol–water partition coefficient (Wildman–Crippen LogP) is 1.30. The molecule has 0 aliphatic carbocycles. The molecule has 0 aromatic carbocycles. The van der Waals surface area contributed by atoms with Gasteiger partial charge in [-0.1, -0.05) is 0 Å². The molecule has 0 spiro atoms. The minimum Gasteiger partial charge on any atom is -0.385 e. The van der Waals surface area contributed by atoms with Crippen LogP contribution in [-0.2, 0) is 4.74 Å². The van der Waals surface area contributed by atoms with Crippen molar-refractivity contribution in [3.63, 3.8) is 0 Å². The van der Waals surface area contributed by atoms with Crippen LogP contribution in [0.15, 0.2) is 10.9 Å². The van der Waals surface area contributed by atoms with Crippen molar-refractivity contribution in [2.75, 3.05) is 20.3 Å². The van der Waals surface area contributed by atoms with Gasteiger partial charge in [0.1, 0.15) is 5.69 Å². The Labute approximate surface area is 87.3 Å². The predicted molar refractivity (Wildman–Crippen MR) is 55.6 cm³/mol. The van der Waals surface area contributed by atoms with E-state index in [1.165, 1.54) is 11.3 Å². The van der Waals surface area contributed by atoms with Gasteiger partial charge >= 0.3 is 0 Å². The first-order valence-corrected chi connectivity index (χ1v) is 5.44. The molecule has 1 rings (SSSR count). The Morgan fingerprint density at radius 1 is 1.64 bits per heavy atom. The number of nitrogens with zero attached hydrogens (tertiary/aromatic N) is 1. The van der Waals surface area contributed by atoms with Crippen LogP contribution in [-0.4, -0.2) is 31.2 Å². The van der Waals surface area contributed by atoms with Crippen LogP contribution in [0, 0.1) is 0 Å². The van der Waals surface area contributed by atoms with E-state index in [1.54, 1.807) is 18.0 Å². The highest BCUT2D eigenvalue weighted by Crippen LogP contribution is 2.00. The molecule has 0 saturated carbocycles. The van der Waals surface area contributed by atoms with Crippen molar-refractivity contribution in [2.45, 2.75) is 12.8 Å². The maximum absolute atomic E-state index is 11.3. The molecule has 4 nitrogen and oxygen atoms in total. The first kappa shape index (κ1) is 11.1. The van der Waals surface area contributed by atoms with Gasteiger partial charge in [-0.05, 0) is 12.8 Å². The second-order valence-corrected chi connectivity index (χ2v) is 3.55. The molecule has 0 saturated heterocycles. The molecule has 1 amide bonds. The Balaban J connectivity index is 2.10. The van der Waals surface area contributed by atoms with E-state index in [0.29, 0.717) is 12.2 Å². The Hall–Kier alpha value is -0.940. The summed E-state index contributed by atoms with van der Waals surface area (Å²) < 4.78 is 4.90. The Morgan fingerprint density at radius 2 is 2.50 bits per heavy atom. The maximum atomic E-state index is 11.3. The molecule has 1 aromatic rings. The van der Waals surface area contributed by atoms with Gasteiger partial charge in [-0.2, -0.15) is 0 Å². The van der Waals surface area contributed by atoms with Crippen molar-refractivity contribution in [1.29, 1.82) is 0 Å². The molecule has 1 N–H and O–H groups in total. The normalized spacial score (nSPS) is 10.1. The third-order valence-electron chi connectivity index (χ3n) is 1.73. The highest BCUT2D eigenvalue weighted by atomic mass is 32.1. The summed E-state index contributed by atoms with van der Waals surface area (Å²) in [6.45, 7) is 1.42. The molecule has 0 fully saturated rings. The molecule has 1 heterocycles. The van der Waals surface area contributed by atoms with Gasteiger partial charge in [0.2, 0.25) is 0 Å². The van der Waals surface area contributed by atoms with Crippen molar-refractivity contribution >= 4 is 17.2 Å². The number of hydrogen-bond donors (Lipinski definition) is 1. The molecule has 78 valence electrons. The topological polar surface area (TPSA) is 51.2 Å². The summed E-state index contributed by atoms with van der Waals surface area (Å²) in [7, 11) is 1.67. The Kier molecular flexibility index (Phi) is 5.17. The highest BCUT2D eigenvalue weighted by molar-refractivity contribution is 7.07. The Morgan fingerprint density at radius 3 is 3.14 bits per heavy atom. The smallest absolute Gasteiger partial charge is 0.270 e. The molecule has 0 aliphatic rings. The van der Waals surface area contributed by atoms with E-state index >= 15 is 0 Å². The van der Waals surface area contributed by atoms with Gasteiger partial charge in [-0.3, -0.25) is 4.79 Å². The monoisotopic (exact) mass is 214 g/mol. The van der Waals surface area contributed by atoms with Crippen LogP contribution in [0.5, 0.6) is 0 Å². The largest absolute Gasteiger partial charge is 0.385 e. The van der Waals surface area contributed by atoms with Crippen molar-refractivity contribution in [3.8, 4) is 0 Å². The van der Waals surface area contributed by atoms with Crippen LogP contribution >= 0.6 is 11.3 Å². The molecular formula is C9H14N2O2S. The van der Waals surface area contributed by atoms with Crippen molar-refractivity contribution in [1.82, 2.24) is 10.3 Å². The zero-order valence-corrected chi connectivity index (χ0v) is 8.97. The lowest BCUT2D eigenvalue weighted by Crippen LogP contribution is -2.24. The number of hydrogen-bond acceptors (Lipinski definition) is 4. The first-order valence-electron chi connectivity index (χ1n) is 4.50. The van der Waals surface area contributed by atoms with Crippen molar-refractivity contribution in [3.05, 3.63) is 16.6 Å². The lowest BCUT2D eigenvalue weighted by Gasteiger charge is -2.02. The van der Waals surface area contributed by atoms with Gasteiger partial charge in [-0.15, -0.1) is 11.3 Å². The van der Waals surface area contributed by atoms with E-state index in [2.05, 4.69) is 10.3 Å². The molecule has 0 atom stereocenters. The molecule has 0 bridgehead atoms. The number of ether oxygens (including phenoxy) is 1. The summed E-state index contributed by atoms with van der Waals surface area (Å²) in [5, 5.41) is 4.53. The number of aromatic nitrogens is 1. The lowest BCUT2D eigenvalue weighted by atomic mass is 10.3. The number of unbranched alkanes of at least 4 members (excludes halogenated alkanes) is 1. The third kappa shape index (κ3) is 3.85. The summed E-state index contributed by atoms with van der Waals surface area (Å²) in [5.41, 5.74) is 2.15. The van der Waals surface area contributed by atoms with Crippen LogP contribution in [0.3, 0.4) is 0 Å². The minimum atomic E-state index is -0.0938. The van der Waals surface area contributed by atoms with E-state index in [1.807, 2.05) is 0 Å². The van der Waals surface area contributed by atoms with Crippen LogP contribution < -0.4 is 5.32 Å². The second-order valence-electron chi connectivity index (χ2n) is 2.83. The SMILES string of the molecule is COCCCCNC(=O)c1cscn1. The van der Waals surface area contributed by atoms with Crippen LogP contribution in [0.1, 0.15) is 23.3 Å². The number of rotatable bonds is 6. The van der Waals surface area contributed by atoms with Gasteiger partial charge in [0.25, 0.3) is 5.91 Å². The van der Waals surface area contributed by atoms with Gasteiger partial charge in [0, 0.05) is 25.6 Å². The van der Waals surface area contributed by atoms with E-state index in [4.69, 9.17) is 4.74 Å². The number of carbonyl (C=O) groups excluding carboxylic acids is 1. The second kappa shape index (κ2) is 6.50. The van der Waals surface area contributed by atoms with Gasteiger partial charge in [0.05, 0.1) is 5.51 Å². The fraction of sp³-hybridized carbons (Fsp3) is 0.556. The maximum Gasteiger partial charge on any atom is 0.270 e. The molecule has 0 aliphatic heterocycles. The molecule has 14 heavy (non-hydrogen) atoms. The number of methoxy groups -OCH3 is 1.